The maximum atomic E-state index is 11.5. The molecule has 26 heavy (non-hydrogen) atoms. The molecule has 3 aliphatic rings. The van der Waals surface area contributed by atoms with Gasteiger partial charge in [0.1, 0.15) is 0 Å². The normalized spacial score (nSPS) is 32.6. The molecule has 1 unspecified atom stereocenters. The summed E-state index contributed by atoms with van der Waals surface area (Å²) in [5.41, 5.74) is 0.997. The molecule has 2 aliphatic heterocycles. The molecule has 1 aromatic carbocycles. The first-order valence-electron chi connectivity index (χ1n) is 8.39. The number of methoxy groups -OCH3 is 2. The van der Waals surface area contributed by atoms with Crippen LogP contribution in [0.4, 0.5) is 0 Å². The Kier molecular flexibility index (Phi) is 5.11. The van der Waals surface area contributed by atoms with Crippen LogP contribution < -0.4 is 9.47 Å². The van der Waals surface area contributed by atoms with Gasteiger partial charge in [-0.15, -0.1) is 0 Å². The number of esters is 1. The molecule has 1 aliphatic carbocycles. The zero-order valence-electron chi connectivity index (χ0n) is 15.0. The fourth-order valence-corrected chi connectivity index (χ4v) is 4.31. The summed E-state index contributed by atoms with van der Waals surface area (Å²) in [7, 11) is 5.37. The van der Waals surface area contributed by atoms with Gasteiger partial charge in [-0.3, -0.25) is 4.79 Å². The largest absolute Gasteiger partial charge is 0.493 e. The molecule has 1 spiro atoms. The first kappa shape index (κ1) is 19.2. The van der Waals surface area contributed by atoms with Crippen LogP contribution in [0.15, 0.2) is 30.4 Å². The van der Waals surface area contributed by atoms with E-state index in [9.17, 15) is 4.79 Å². The Bertz CT molecular complexity index is 739. The third-order valence-electron chi connectivity index (χ3n) is 5.67. The molecule has 2 heterocycles. The van der Waals surface area contributed by atoms with Crippen molar-refractivity contribution in [2.24, 2.45) is 0 Å². The second-order valence-corrected chi connectivity index (χ2v) is 6.86. The van der Waals surface area contributed by atoms with Crippen LogP contribution in [0.1, 0.15) is 18.4 Å². The van der Waals surface area contributed by atoms with Gasteiger partial charge >= 0.3 is 0 Å². The number of carbonyl (C=O) groups excluding carboxylic acids is 1. The van der Waals surface area contributed by atoms with Gasteiger partial charge in [0.05, 0.1) is 14.2 Å². The average Bonchev–Trinajstić information content (AvgIpc) is 3.16. The van der Waals surface area contributed by atoms with Gasteiger partial charge in [0.15, 0.2) is 17.5 Å². The molecule has 1 radical (unpaired) electrons. The molecule has 7 heteroatoms. The SMILES string of the molecule is COc1ccc([C@@]23C=CC4(C[C@@H]2N(C)CC3)O[CH-]C(=O)O4)cc1OC.[Re]. The maximum Gasteiger partial charge on any atom is 0.207 e. The smallest absolute Gasteiger partial charge is 0.207 e. The number of hydrogen-bond acceptors (Lipinski definition) is 6. The quantitative estimate of drug-likeness (QED) is 0.339. The second kappa shape index (κ2) is 6.90. The number of ether oxygens (including phenoxy) is 4. The number of likely N-dealkylation sites (N-methyl/N-ethyl adjacent to an activating group) is 1. The summed E-state index contributed by atoms with van der Waals surface area (Å²) in [6, 6.07) is 6.23. The van der Waals surface area contributed by atoms with Gasteiger partial charge in [-0.25, -0.2) is 0 Å². The number of hydrogen-bond donors (Lipinski definition) is 0. The Labute approximate surface area is 167 Å². The number of benzene rings is 1. The molecule has 0 aromatic heterocycles. The van der Waals surface area contributed by atoms with Crippen molar-refractivity contribution in [3.05, 3.63) is 42.5 Å². The number of rotatable bonds is 3. The third-order valence-corrected chi connectivity index (χ3v) is 5.67. The molecule has 0 saturated carbocycles. The van der Waals surface area contributed by atoms with Crippen LogP contribution in [-0.4, -0.2) is 50.5 Å². The number of fused-ring (bicyclic) bond motifs is 1. The van der Waals surface area contributed by atoms with Crippen molar-refractivity contribution >= 4 is 5.97 Å². The van der Waals surface area contributed by atoms with E-state index in [2.05, 4.69) is 24.1 Å². The number of carbonyl (C=O) groups is 1. The monoisotopic (exact) mass is 531 g/mol. The van der Waals surface area contributed by atoms with Crippen LogP contribution in [0.2, 0.25) is 0 Å². The minimum atomic E-state index is -0.972. The third kappa shape index (κ3) is 2.84. The van der Waals surface area contributed by atoms with Crippen molar-refractivity contribution in [2.75, 3.05) is 27.8 Å². The summed E-state index contributed by atoms with van der Waals surface area (Å²) in [6.07, 6.45) is 5.60. The first-order chi connectivity index (χ1) is 12.0. The van der Waals surface area contributed by atoms with Crippen LogP contribution in [-0.2, 0) is 40.1 Å². The zero-order valence-corrected chi connectivity index (χ0v) is 17.7. The topological polar surface area (TPSA) is 57.2 Å². The molecule has 0 amide bonds. The Morgan fingerprint density at radius 1 is 1.23 bits per heavy atom. The minimum absolute atomic E-state index is 0. The predicted molar refractivity (Wildman–Crippen MR) is 90.2 cm³/mol. The van der Waals surface area contributed by atoms with Crippen molar-refractivity contribution in [2.45, 2.75) is 30.1 Å². The average molecular weight is 531 g/mol. The van der Waals surface area contributed by atoms with Crippen LogP contribution >= 0.6 is 0 Å². The summed E-state index contributed by atoms with van der Waals surface area (Å²) < 4.78 is 21.8. The Morgan fingerprint density at radius 3 is 2.65 bits per heavy atom. The van der Waals surface area contributed by atoms with Gasteiger partial charge in [-0.1, -0.05) is 12.1 Å². The Morgan fingerprint density at radius 2 is 2.00 bits per heavy atom. The van der Waals surface area contributed by atoms with Crippen LogP contribution in [0.25, 0.3) is 0 Å². The van der Waals surface area contributed by atoms with E-state index >= 15 is 0 Å². The number of likely N-dealkylation sites (tertiary alicyclic amines) is 1. The second-order valence-electron chi connectivity index (χ2n) is 6.86. The standard InChI is InChI=1S/C19H22NO5.Re/c1-20-9-8-18(13-4-5-14(22-2)15(10-13)23-3)6-7-19(11-16(18)20)24-12-17(21)25-19;/h4-7,10,12,16H,8-9,11H2,1-3H3;/q-1;/t16-,18-,19?;/m0./s1. The van der Waals surface area contributed by atoms with Crippen molar-refractivity contribution in [3.8, 4) is 11.5 Å². The van der Waals surface area contributed by atoms with Crippen LogP contribution in [0, 0.1) is 6.61 Å². The summed E-state index contributed by atoms with van der Waals surface area (Å²) in [5.74, 6) is 0.0297. The Balaban J connectivity index is 0.00000196. The molecule has 141 valence electrons. The van der Waals surface area contributed by atoms with E-state index in [1.54, 1.807) is 14.2 Å². The van der Waals surface area contributed by atoms with Crippen molar-refractivity contribution < 1.29 is 44.2 Å². The molecule has 4 rings (SSSR count). The molecule has 3 atom stereocenters. The first-order valence-corrected chi connectivity index (χ1v) is 8.39. The molecule has 6 nitrogen and oxygen atoms in total. The van der Waals surface area contributed by atoms with E-state index in [4.69, 9.17) is 18.9 Å². The number of nitrogens with zero attached hydrogens (tertiary/aromatic N) is 1. The molecular formula is C19H22NO5Re-. The van der Waals surface area contributed by atoms with E-state index < -0.39 is 11.8 Å². The molecule has 0 bridgehead atoms. The van der Waals surface area contributed by atoms with Crippen molar-refractivity contribution in [1.82, 2.24) is 4.90 Å². The van der Waals surface area contributed by atoms with E-state index in [1.165, 1.54) is 5.56 Å². The van der Waals surface area contributed by atoms with E-state index in [0.717, 1.165) is 19.6 Å². The summed E-state index contributed by atoms with van der Waals surface area (Å²) in [5, 5.41) is 0. The zero-order chi connectivity index (χ0) is 17.7. The Hall–Kier alpha value is -1.52. The minimum Gasteiger partial charge on any atom is -0.493 e. The van der Waals surface area contributed by atoms with Crippen molar-refractivity contribution in [3.63, 3.8) is 0 Å². The fraction of sp³-hybridized carbons (Fsp3) is 0.474. The molecule has 2 saturated heterocycles. The van der Waals surface area contributed by atoms with Crippen molar-refractivity contribution in [1.29, 1.82) is 0 Å². The van der Waals surface area contributed by atoms with E-state index in [-0.39, 0.29) is 31.9 Å². The summed E-state index contributed by atoms with van der Waals surface area (Å²) >= 11 is 0. The molecule has 2 fully saturated rings. The fourth-order valence-electron chi connectivity index (χ4n) is 4.31. The van der Waals surface area contributed by atoms with Gasteiger partial charge in [0.2, 0.25) is 5.79 Å². The summed E-state index contributed by atoms with van der Waals surface area (Å²) in [4.78, 5) is 13.8. The molecule has 1 aromatic rings. The predicted octanol–water partition coefficient (Wildman–Crippen LogP) is 2.03. The molecular weight excluding hydrogens is 508 g/mol. The van der Waals surface area contributed by atoms with Gasteiger partial charge < -0.3 is 23.8 Å². The van der Waals surface area contributed by atoms with Crippen LogP contribution in [0.5, 0.6) is 11.5 Å². The van der Waals surface area contributed by atoms with Gasteiger partial charge in [-0.05, 0) is 43.8 Å². The van der Waals surface area contributed by atoms with E-state index in [0.29, 0.717) is 17.9 Å². The summed E-state index contributed by atoms with van der Waals surface area (Å²) in [6.45, 7) is 2.11. The van der Waals surface area contributed by atoms with E-state index in [1.807, 2.05) is 18.2 Å². The molecule has 0 N–H and O–H groups in total. The van der Waals surface area contributed by atoms with Crippen LogP contribution in [0.3, 0.4) is 0 Å². The van der Waals surface area contributed by atoms with Gasteiger partial charge in [0, 0.05) is 38.3 Å². The van der Waals surface area contributed by atoms with Gasteiger partial charge in [0.25, 0.3) is 0 Å². The van der Waals surface area contributed by atoms with Gasteiger partial charge in [-0.2, -0.15) is 6.61 Å². The maximum absolute atomic E-state index is 11.5.